The van der Waals surface area contributed by atoms with Crippen molar-refractivity contribution in [1.82, 2.24) is 4.90 Å². The topological polar surface area (TPSA) is 29.5 Å². The van der Waals surface area contributed by atoms with Gasteiger partial charge in [0.1, 0.15) is 0 Å². The maximum absolute atomic E-state index is 12.7. The maximum atomic E-state index is 12.7. The molecule has 2 aromatic carbocycles. The summed E-state index contributed by atoms with van der Waals surface area (Å²) in [7, 11) is 0. The molecule has 3 rings (SSSR count). The summed E-state index contributed by atoms with van der Waals surface area (Å²) < 4.78 is 5.94. The van der Waals surface area contributed by atoms with Crippen molar-refractivity contribution >= 4 is 5.97 Å². The van der Waals surface area contributed by atoms with E-state index >= 15 is 0 Å². The van der Waals surface area contributed by atoms with E-state index in [0.29, 0.717) is 18.6 Å². The number of rotatable bonds is 5. The number of benzene rings is 2. The van der Waals surface area contributed by atoms with Crippen LogP contribution in [0.1, 0.15) is 50.3 Å². The van der Waals surface area contributed by atoms with E-state index in [2.05, 4.69) is 18.7 Å². The van der Waals surface area contributed by atoms with Crippen molar-refractivity contribution in [2.24, 2.45) is 0 Å². The summed E-state index contributed by atoms with van der Waals surface area (Å²) in [6.07, 6.45) is 3.19. The molecule has 1 aliphatic heterocycles. The second-order valence-corrected chi connectivity index (χ2v) is 6.99. The minimum atomic E-state index is -0.356. The Morgan fingerprint density at radius 3 is 1.92 bits per heavy atom. The average molecular weight is 337 g/mol. The van der Waals surface area contributed by atoms with Gasteiger partial charge in [-0.05, 0) is 37.8 Å². The number of likely N-dealkylation sites (tertiary alicyclic amines) is 1. The molecule has 0 radical (unpaired) electrons. The molecule has 0 saturated carbocycles. The first-order valence-corrected chi connectivity index (χ1v) is 9.20. The Balaban J connectivity index is 1.75. The van der Waals surface area contributed by atoms with Crippen LogP contribution in [0.25, 0.3) is 0 Å². The highest BCUT2D eigenvalue weighted by atomic mass is 16.5. The van der Waals surface area contributed by atoms with Gasteiger partial charge in [-0.15, -0.1) is 0 Å². The Bertz CT molecular complexity index is 621. The van der Waals surface area contributed by atoms with Crippen LogP contribution in [0, 0.1) is 0 Å². The van der Waals surface area contributed by atoms with Gasteiger partial charge < -0.3 is 4.74 Å². The van der Waals surface area contributed by atoms with Crippen molar-refractivity contribution in [1.29, 1.82) is 0 Å². The van der Waals surface area contributed by atoms with Crippen LogP contribution in [0.3, 0.4) is 0 Å². The second-order valence-electron chi connectivity index (χ2n) is 6.99. The molecule has 0 spiro atoms. The third-order valence-corrected chi connectivity index (χ3v) is 5.14. The first kappa shape index (κ1) is 17.7. The molecular formula is C22H27NO2. The van der Waals surface area contributed by atoms with Crippen LogP contribution >= 0.6 is 0 Å². The Morgan fingerprint density at radius 1 is 0.960 bits per heavy atom. The highest BCUT2D eigenvalue weighted by Gasteiger charge is 2.28. The molecule has 1 saturated heterocycles. The lowest BCUT2D eigenvalue weighted by Crippen LogP contribution is -2.46. The predicted molar refractivity (Wildman–Crippen MR) is 100 cm³/mol. The summed E-state index contributed by atoms with van der Waals surface area (Å²) in [6.45, 7) is 4.77. The molecule has 0 aliphatic carbocycles. The van der Waals surface area contributed by atoms with Crippen LogP contribution < -0.4 is 0 Å². The number of ether oxygens (including phenoxy) is 1. The molecule has 3 heteroatoms. The van der Waals surface area contributed by atoms with E-state index in [1.165, 1.54) is 6.42 Å². The molecule has 0 N–H and O–H groups in total. The van der Waals surface area contributed by atoms with E-state index in [4.69, 9.17) is 4.74 Å². The summed E-state index contributed by atoms with van der Waals surface area (Å²) in [5.41, 5.74) is 2.00. The molecule has 25 heavy (non-hydrogen) atoms. The number of esters is 1. The fraction of sp³-hybridized carbons (Fsp3) is 0.409. The van der Waals surface area contributed by atoms with Gasteiger partial charge in [-0.25, -0.2) is 0 Å². The Kier molecular flexibility index (Phi) is 5.87. The van der Waals surface area contributed by atoms with Gasteiger partial charge >= 0.3 is 5.97 Å². The number of carbonyl (C=O) groups excluding carboxylic acids is 1. The van der Waals surface area contributed by atoms with E-state index in [1.807, 2.05) is 60.7 Å². The maximum Gasteiger partial charge on any atom is 0.321 e. The average Bonchev–Trinajstić information content (AvgIpc) is 2.64. The van der Waals surface area contributed by atoms with Crippen molar-refractivity contribution in [2.75, 3.05) is 6.54 Å². The molecule has 132 valence electrons. The van der Waals surface area contributed by atoms with Crippen LogP contribution in [-0.4, -0.2) is 29.5 Å². The molecule has 0 bridgehead atoms. The SMILES string of the molecule is CC1CCCC(C)N1CC(=O)OC(c1ccccc1)c1ccccc1. The Morgan fingerprint density at radius 2 is 1.44 bits per heavy atom. The van der Waals surface area contributed by atoms with Gasteiger partial charge in [0.05, 0.1) is 6.54 Å². The number of hydrogen-bond acceptors (Lipinski definition) is 3. The molecule has 3 nitrogen and oxygen atoms in total. The summed E-state index contributed by atoms with van der Waals surface area (Å²) in [6, 6.07) is 20.8. The highest BCUT2D eigenvalue weighted by molar-refractivity contribution is 5.72. The molecule has 2 aromatic rings. The first-order chi connectivity index (χ1) is 12.1. The van der Waals surface area contributed by atoms with Crippen LogP contribution in [0.4, 0.5) is 0 Å². The number of carbonyl (C=O) groups is 1. The number of piperidine rings is 1. The first-order valence-electron chi connectivity index (χ1n) is 9.20. The van der Waals surface area contributed by atoms with Crippen molar-refractivity contribution in [3.63, 3.8) is 0 Å². The molecule has 1 aliphatic rings. The number of nitrogens with zero attached hydrogens (tertiary/aromatic N) is 1. The monoisotopic (exact) mass is 337 g/mol. The zero-order chi connectivity index (χ0) is 17.6. The highest BCUT2D eigenvalue weighted by Crippen LogP contribution is 2.27. The largest absolute Gasteiger partial charge is 0.452 e. The summed E-state index contributed by atoms with van der Waals surface area (Å²) in [4.78, 5) is 15.0. The van der Waals surface area contributed by atoms with Crippen LogP contribution in [0.5, 0.6) is 0 Å². The third kappa shape index (κ3) is 4.49. The van der Waals surface area contributed by atoms with Crippen molar-refractivity contribution < 1.29 is 9.53 Å². The van der Waals surface area contributed by atoms with Crippen molar-refractivity contribution in [3.8, 4) is 0 Å². The normalized spacial score (nSPS) is 21.2. The lowest BCUT2D eigenvalue weighted by Gasteiger charge is -2.38. The Labute approximate surface area is 150 Å². The smallest absolute Gasteiger partial charge is 0.321 e. The van der Waals surface area contributed by atoms with Gasteiger partial charge in [0.2, 0.25) is 0 Å². The summed E-state index contributed by atoms with van der Waals surface area (Å²) >= 11 is 0. The quantitative estimate of drug-likeness (QED) is 0.748. The molecule has 0 aromatic heterocycles. The molecule has 2 unspecified atom stereocenters. The number of hydrogen-bond donors (Lipinski definition) is 0. The van der Waals surface area contributed by atoms with E-state index in [0.717, 1.165) is 24.0 Å². The fourth-order valence-electron chi connectivity index (χ4n) is 3.69. The van der Waals surface area contributed by atoms with Crippen LogP contribution in [-0.2, 0) is 9.53 Å². The van der Waals surface area contributed by atoms with Gasteiger partial charge in [0.15, 0.2) is 6.10 Å². The van der Waals surface area contributed by atoms with Gasteiger partial charge in [-0.2, -0.15) is 0 Å². The summed E-state index contributed by atoms with van der Waals surface area (Å²) in [5, 5.41) is 0. The minimum Gasteiger partial charge on any atom is -0.452 e. The third-order valence-electron chi connectivity index (χ3n) is 5.14. The van der Waals surface area contributed by atoms with Gasteiger partial charge in [-0.3, -0.25) is 9.69 Å². The summed E-state index contributed by atoms with van der Waals surface area (Å²) in [5.74, 6) is -0.154. The lowest BCUT2D eigenvalue weighted by atomic mass is 9.97. The zero-order valence-electron chi connectivity index (χ0n) is 15.1. The Hall–Kier alpha value is -2.13. The molecule has 2 atom stereocenters. The van der Waals surface area contributed by atoms with Gasteiger partial charge in [-0.1, -0.05) is 67.1 Å². The van der Waals surface area contributed by atoms with Crippen LogP contribution in [0.15, 0.2) is 60.7 Å². The van der Waals surface area contributed by atoms with Gasteiger partial charge in [0, 0.05) is 12.1 Å². The predicted octanol–water partition coefficient (Wildman–Crippen LogP) is 4.58. The van der Waals surface area contributed by atoms with E-state index in [1.54, 1.807) is 0 Å². The molecule has 1 fully saturated rings. The minimum absolute atomic E-state index is 0.154. The van der Waals surface area contributed by atoms with Gasteiger partial charge in [0.25, 0.3) is 0 Å². The van der Waals surface area contributed by atoms with E-state index in [9.17, 15) is 4.79 Å². The fourth-order valence-corrected chi connectivity index (χ4v) is 3.69. The standard InChI is InChI=1S/C22H27NO2/c1-17-10-9-11-18(2)23(17)16-21(24)25-22(19-12-5-3-6-13-19)20-14-7-4-8-15-20/h3-8,12-15,17-18,22H,9-11,16H2,1-2H3. The molecule has 1 heterocycles. The van der Waals surface area contributed by atoms with Crippen molar-refractivity contribution in [3.05, 3.63) is 71.8 Å². The second kappa shape index (κ2) is 8.30. The van der Waals surface area contributed by atoms with E-state index in [-0.39, 0.29) is 12.1 Å². The molecule has 0 amide bonds. The lowest BCUT2D eigenvalue weighted by molar-refractivity contribution is -0.150. The zero-order valence-corrected chi connectivity index (χ0v) is 15.1. The van der Waals surface area contributed by atoms with Crippen molar-refractivity contribution in [2.45, 2.75) is 51.3 Å². The molecular weight excluding hydrogens is 310 g/mol. The van der Waals surface area contributed by atoms with E-state index < -0.39 is 0 Å². The van der Waals surface area contributed by atoms with Crippen LogP contribution in [0.2, 0.25) is 0 Å².